The first kappa shape index (κ1) is 15.2. The van der Waals surface area contributed by atoms with Crippen molar-refractivity contribution in [3.05, 3.63) is 20.1 Å². The number of hydrogen-bond acceptors (Lipinski definition) is 4. The topological polar surface area (TPSA) is 77.5 Å². The van der Waals surface area contributed by atoms with Gasteiger partial charge in [0.25, 0.3) is 11.1 Å². The fourth-order valence-electron chi connectivity index (χ4n) is 2.12. The van der Waals surface area contributed by atoms with Crippen LogP contribution >= 0.6 is 54.4 Å². The molecule has 3 atom stereocenters. The first-order valence-corrected chi connectivity index (χ1v) is 7.45. The van der Waals surface area contributed by atoms with Crippen LogP contribution in [0.3, 0.4) is 0 Å². The summed E-state index contributed by atoms with van der Waals surface area (Å²) < 4.78 is 11.6. The molecule has 0 aromatic carbocycles. The summed E-state index contributed by atoms with van der Waals surface area (Å²) in [6, 6.07) is 0. The van der Waals surface area contributed by atoms with Crippen molar-refractivity contribution in [3.8, 4) is 0 Å². The summed E-state index contributed by atoms with van der Waals surface area (Å²) in [7, 11) is -2.31. The van der Waals surface area contributed by atoms with Crippen LogP contribution in [-0.2, 0) is 14.2 Å². The van der Waals surface area contributed by atoms with E-state index in [2.05, 4.69) is 0 Å². The summed E-state index contributed by atoms with van der Waals surface area (Å²) in [6.07, 6.45) is 0. The summed E-state index contributed by atoms with van der Waals surface area (Å²) in [4.78, 5) is 36.4. The first-order valence-electron chi connectivity index (χ1n) is 4.76. The molecule has 0 radical (unpaired) electrons. The van der Waals surface area contributed by atoms with Crippen LogP contribution in [0.25, 0.3) is 0 Å². The lowest BCUT2D eigenvalue weighted by molar-refractivity contribution is -0.170. The van der Waals surface area contributed by atoms with Gasteiger partial charge in [-0.3, -0.25) is 14.5 Å². The third-order valence-electron chi connectivity index (χ3n) is 3.10. The van der Waals surface area contributed by atoms with Gasteiger partial charge in [0.2, 0.25) is 5.91 Å². The zero-order valence-electron chi connectivity index (χ0n) is 9.12. The molecule has 0 aromatic heterocycles. The molecule has 1 fully saturated rings. The van der Waals surface area contributed by atoms with Gasteiger partial charge in [-0.15, -0.1) is 0 Å². The molecule has 2 rings (SSSR count). The van der Waals surface area contributed by atoms with Crippen molar-refractivity contribution in [1.82, 2.24) is 4.90 Å². The summed E-state index contributed by atoms with van der Waals surface area (Å²) in [6.45, 7) is 0. The Balaban J connectivity index is 2.88. The second-order valence-electron chi connectivity index (χ2n) is 3.95. The minimum atomic E-state index is -3.45. The highest BCUT2D eigenvalue weighted by Crippen LogP contribution is 2.60. The van der Waals surface area contributed by atoms with E-state index in [1.807, 2.05) is 0 Å². The fraction of sp³-hybridized carbons (Fsp3) is 0.333. The van der Waals surface area contributed by atoms with E-state index in [9.17, 15) is 19.0 Å². The van der Waals surface area contributed by atoms with Gasteiger partial charge >= 0.3 is 8.03 Å². The lowest BCUT2D eigenvalue weighted by Gasteiger charge is -2.27. The number of carbonyl (C=O) groups excluding carboxylic acids is 2. The Morgan fingerprint density at radius 1 is 1.21 bits per heavy atom. The summed E-state index contributed by atoms with van der Waals surface area (Å²) >= 11 is 23.4. The van der Waals surface area contributed by atoms with E-state index in [4.69, 9.17) is 46.4 Å². The normalized spacial score (nSPS) is 32.2. The Morgan fingerprint density at radius 2 is 1.74 bits per heavy atom. The molecule has 0 spiro atoms. The van der Waals surface area contributed by atoms with Crippen molar-refractivity contribution in [1.29, 1.82) is 0 Å². The Kier molecular flexibility index (Phi) is 3.76. The molecule has 102 valence electrons. The summed E-state index contributed by atoms with van der Waals surface area (Å²) in [5.41, 5.74) is 0. The van der Waals surface area contributed by atoms with Gasteiger partial charge < -0.3 is 4.89 Å². The standard InChI is InChI=1S/C9H4Cl4NO4P/c1-14-7(15)2-3(10)4(11)5(12)6(13)9(2,8(14)16)19(17)18/h2H,1H3. The molecule has 1 aliphatic carbocycles. The molecule has 0 N–H and O–H groups in total. The molecule has 0 aromatic rings. The Morgan fingerprint density at radius 3 is 2.21 bits per heavy atom. The van der Waals surface area contributed by atoms with Crippen LogP contribution in [0, 0.1) is 5.92 Å². The van der Waals surface area contributed by atoms with E-state index in [0.717, 1.165) is 7.05 Å². The van der Waals surface area contributed by atoms with Crippen LogP contribution in [0.4, 0.5) is 0 Å². The van der Waals surface area contributed by atoms with Crippen LogP contribution in [0.2, 0.25) is 0 Å². The van der Waals surface area contributed by atoms with Crippen LogP contribution in [0.5, 0.6) is 0 Å². The van der Waals surface area contributed by atoms with Crippen molar-refractivity contribution in [2.24, 2.45) is 5.92 Å². The molecule has 0 bridgehead atoms. The molecular weight excluding hydrogens is 359 g/mol. The zero-order valence-corrected chi connectivity index (χ0v) is 13.0. The maximum Gasteiger partial charge on any atom is 0.332 e. The maximum absolute atomic E-state index is 12.1. The maximum atomic E-state index is 12.1. The van der Waals surface area contributed by atoms with Crippen LogP contribution < -0.4 is 4.89 Å². The molecule has 0 saturated carbocycles. The van der Waals surface area contributed by atoms with Gasteiger partial charge in [0, 0.05) is 7.05 Å². The van der Waals surface area contributed by atoms with Crippen molar-refractivity contribution in [2.45, 2.75) is 5.16 Å². The number of rotatable bonds is 1. The molecule has 10 heteroatoms. The van der Waals surface area contributed by atoms with Crippen LogP contribution in [0.15, 0.2) is 20.1 Å². The minimum absolute atomic E-state index is 0.234. The molecule has 5 nitrogen and oxygen atoms in total. The second-order valence-corrected chi connectivity index (χ2v) is 6.71. The molecule has 19 heavy (non-hydrogen) atoms. The molecule has 2 amide bonds. The number of amides is 2. The Bertz CT molecular complexity index is 601. The van der Waals surface area contributed by atoms with Gasteiger partial charge in [0.1, 0.15) is 11.0 Å². The number of nitrogens with zero attached hydrogens (tertiary/aromatic N) is 1. The highest BCUT2D eigenvalue weighted by Gasteiger charge is 2.73. The molecular formula is C9H4Cl4NO4P. The predicted octanol–water partition coefficient (Wildman–Crippen LogP) is 1.83. The number of halogens is 4. The number of carbonyl (C=O) groups is 2. The van der Waals surface area contributed by atoms with Gasteiger partial charge in [-0.05, 0) is 0 Å². The number of allylic oxidation sites excluding steroid dienone is 2. The third-order valence-corrected chi connectivity index (χ3v) is 6.43. The van der Waals surface area contributed by atoms with Gasteiger partial charge in [-0.1, -0.05) is 51.0 Å². The molecule has 1 saturated heterocycles. The average molecular weight is 363 g/mol. The number of fused-ring (bicyclic) bond motifs is 1. The lowest BCUT2D eigenvalue weighted by Crippen LogP contribution is -2.44. The van der Waals surface area contributed by atoms with Crippen molar-refractivity contribution >= 4 is 66.2 Å². The molecule has 3 unspecified atom stereocenters. The van der Waals surface area contributed by atoms with Crippen LogP contribution in [-0.4, -0.2) is 28.9 Å². The van der Waals surface area contributed by atoms with E-state index in [0.29, 0.717) is 4.90 Å². The van der Waals surface area contributed by atoms with Gasteiger partial charge in [-0.25, -0.2) is 0 Å². The Labute approximate surface area is 128 Å². The summed E-state index contributed by atoms with van der Waals surface area (Å²) in [5.74, 6) is -3.28. The van der Waals surface area contributed by atoms with E-state index < -0.39 is 35.9 Å². The molecule has 1 heterocycles. The van der Waals surface area contributed by atoms with E-state index in [-0.39, 0.29) is 15.1 Å². The lowest BCUT2D eigenvalue weighted by atomic mass is 9.89. The Hall–Kier alpha value is -0.160. The number of imide groups is 1. The van der Waals surface area contributed by atoms with E-state index in [1.165, 1.54) is 0 Å². The first-order chi connectivity index (χ1) is 8.68. The van der Waals surface area contributed by atoms with Gasteiger partial charge in [0.05, 0.1) is 15.1 Å². The monoisotopic (exact) mass is 361 g/mol. The molecule has 2 aliphatic rings. The van der Waals surface area contributed by atoms with E-state index in [1.54, 1.807) is 0 Å². The number of hydrogen-bond donors (Lipinski definition) is 0. The van der Waals surface area contributed by atoms with E-state index >= 15 is 0 Å². The minimum Gasteiger partial charge on any atom is -0.594 e. The SMILES string of the molecule is CN1C(=O)C2C(Cl)=C(Cl)C(Cl)=C(Cl)C2([P+](=O)[O-])C1=O. The highest BCUT2D eigenvalue weighted by molar-refractivity contribution is 7.41. The predicted molar refractivity (Wildman–Crippen MR) is 69.1 cm³/mol. The molecule has 1 aliphatic heterocycles. The van der Waals surface area contributed by atoms with Crippen LogP contribution in [0.1, 0.15) is 0 Å². The quantitative estimate of drug-likeness (QED) is 0.526. The zero-order chi connectivity index (χ0) is 14.7. The summed E-state index contributed by atoms with van der Waals surface area (Å²) in [5, 5.41) is -3.69. The van der Waals surface area contributed by atoms with Crippen molar-refractivity contribution in [2.75, 3.05) is 7.05 Å². The van der Waals surface area contributed by atoms with Crippen molar-refractivity contribution in [3.63, 3.8) is 0 Å². The second kappa shape index (κ2) is 4.69. The average Bonchev–Trinajstić information content (AvgIpc) is 2.56. The van der Waals surface area contributed by atoms with Crippen molar-refractivity contribution < 1.29 is 19.0 Å². The third kappa shape index (κ3) is 1.67. The fourth-order valence-corrected chi connectivity index (χ4v) is 4.69. The highest BCUT2D eigenvalue weighted by atomic mass is 35.5. The number of likely N-dealkylation sites (tertiary alicyclic amines) is 1. The smallest absolute Gasteiger partial charge is 0.332 e. The van der Waals surface area contributed by atoms with Gasteiger partial charge in [0.15, 0.2) is 0 Å². The van der Waals surface area contributed by atoms with Gasteiger partial charge in [-0.2, -0.15) is 0 Å². The largest absolute Gasteiger partial charge is 0.594 e.